The summed E-state index contributed by atoms with van der Waals surface area (Å²) in [7, 11) is 0. The van der Waals surface area contributed by atoms with Crippen LogP contribution >= 0.6 is 11.6 Å². The lowest BCUT2D eigenvalue weighted by Gasteiger charge is -1.98. The van der Waals surface area contributed by atoms with E-state index in [2.05, 4.69) is 20.3 Å². The molecule has 3 N–H and O–H groups in total. The van der Waals surface area contributed by atoms with Gasteiger partial charge in [-0.3, -0.25) is 4.98 Å². The number of nitrogens with one attached hydrogen (secondary N) is 3. The topological polar surface area (TPSA) is 77.5 Å². The number of hydrogen-bond acceptors (Lipinski definition) is 4. The summed E-state index contributed by atoms with van der Waals surface area (Å²) in [5, 5.41) is 11.6. The number of allylic oxidation sites excluding steroid dienone is 1. The number of imidazole rings is 1. The number of rotatable bonds is 4. The Hall–Kier alpha value is -2.40. The molecule has 0 saturated heterocycles. The minimum atomic E-state index is 0.557. The van der Waals surface area contributed by atoms with Gasteiger partial charge < -0.3 is 15.7 Å². The van der Waals surface area contributed by atoms with E-state index in [1.54, 1.807) is 18.5 Å². The molecular formula is C14H12ClN5. The van der Waals surface area contributed by atoms with Crippen molar-refractivity contribution in [2.45, 2.75) is 6.54 Å². The lowest BCUT2D eigenvalue weighted by molar-refractivity contribution is 0.817. The molecule has 0 fully saturated rings. The Bertz CT molecular complexity index is 806. The highest BCUT2D eigenvalue weighted by atomic mass is 35.5. The van der Waals surface area contributed by atoms with Gasteiger partial charge in [0.05, 0.1) is 23.8 Å². The van der Waals surface area contributed by atoms with Gasteiger partial charge in [0.15, 0.2) is 0 Å². The summed E-state index contributed by atoms with van der Waals surface area (Å²) in [6.07, 6.45) is 6.27. The van der Waals surface area contributed by atoms with E-state index in [4.69, 9.17) is 17.0 Å². The largest absolute Gasteiger partial charge is 0.384 e. The van der Waals surface area contributed by atoms with Crippen molar-refractivity contribution >= 4 is 39.8 Å². The molecule has 6 heteroatoms. The van der Waals surface area contributed by atoms with E-state index in [1.165, 1.54) is 6.21 Å². The van der Waals surface area contributed by atoms with Gasteiger partial charge in [0.1, 0.15) is 11.3 Å². The van der Waals surface area contributed by atoms with Crippen LogP contribution in [0.25, 0.3) is 21.9 Å². The molecule has 2 aromatic heterocycles. The molecule has 1 aromatic carbocycles. The van der Waals surface area contributed by atoms with Crippen molar-refractivity contribution in [3.05, 3.63) is 47.5 Å². The molecule has 0 aliphatic carbocycles. The van der Waals surface area contributed by atoms with Crippen LogP contribution in [0.5, 0.6) is 0 Å². The van der Waals surface area contributed by atoms with Crippen molar-refractivity contribution in [3.63, 3.8) is 0 Å². The summed E-state index contributed by atoms with van der Waals surface area (Å²) in [6, 6.07) is 5.60. The van der Waals surface area contributed by atoms with Crippen LogP contribution in [0, 0.1) is 5.41 Å². The van der Waals surface area contributed by atoms with Crippen molar-refractivity contribution in [1.82, 2.24) is 20.3 Å². The molecule has 0 bridgehead atoms. The standard InChI is InChI=1S/C14H12ClN5/c15-9-2-3-11-10(6-9)14-12(7-18-11)19-13(20-14)8-17-5-1-4-16/h1-7,16-17H,8H2,(H,19,20)/b5-1-,16-4?. The predicted octanol–water partition coefficient (Wildman–Crippen LogP) is 3.02. The van der Waals surface area contributed by atoms with Crippen molar-refractivity contribution < 1.29 is 0 Å². The van der Waals surface area contributed by atoms with E-state index in [0.717, 1.165) is 27.8 Å². The van der Waals surface area contributed by atoms with Gasteiger partial charge in [-0.25, -0.2) is 4.98 Å². The predicted molar refractivity (Wildman–Crippen MR) is 81.2 cm³/mol. The Morgan fingerprint density at radius 1 is 1.35 bits per heavy atom. The van der Waals surface area contributed by atoms with Crippen LogP contribution in [-0.4, -0.2) is 21.2 Å². The maximum absolute atomic E-state index is 6.89. The van der Waals surface area contributed by atoms with Gasteiger partial charge in [0.25, 0.3) is 0 Å². The molecule has 3 rings (SSSR count). The van der Waals surface area contributed by atoms with Crippen molar-refractivity contribution in [1.29, 1.82) is 5.41 Å². The first-order valence-electron chi connectivity index (χ1n) is 6.10. The molecular weight excluding hydrogens is 274 g/mol. The summed E-state index contributed by atoms with van der Waals surface area (Å²) in [5.74, 6) is 0.809. The van der Waals surface area contributed by atoms with Crippen molar-refractivity contribution in [2.24, 2.45) is 0 Å². The fourth-order valence-electron chi connectivity index (χ4n) is 2.04. The zero-order valence-electron chi connectivity index (χ0n) is 10.5. The van der Waals surface area contributed by atoms with Crippen LogP contribution in [0.2, 0.25) is 5.02 Å². The van der Waals surface area contributed by atoms with Gasteiger partial charge in [-0.1, -0.05) is 11.6 Å². The molecule has 0 aliphatic rings. The number of H-pyrrole nitrogens is 1. The Kier molecular flexibility index (Phi) is 3.35. The maximum Gasteiger partial charge on any atom is 0.126 e. The average Bonchev–Trinajstić information content (AvgIpc) is 2.87. The quantitative estimate of drug-likeness (QED) is 0.645. The first-order chi connectivity index (χ1) is 9.78. The molecule has 0 radical (unpaired) electrons. The van der Waals surface area contributed by atoms with Crippen LogP contribution in [0.3, 0.4) is 0 Å². The minimum absolute atomic E-state index is 0.557. The molecule has 5 nitrogen and oxygen atoms in total. The highest BCUT2D eigenvalue weighted by Gasteiger charge is 2.07. The van der Waals surface area contributed by atoms with Crippen LogP contribution in [0.1, 0.15) is 5.82 Å². The zero-order valence-corrected chi connectivity index (χ0v) is 11.3. The van der Waals surface area contributed by atoms with E-state index < -0.39 is 0 Å². The molecule has 3 aromatic rings. The number of halogens is 1. The molecule has 0 unspecified atom stereocenters. The molecule has 0 atom stereocenters. The highest BCUT2D eigenvalue weighted by Crippen LogP contribution is 2.24. The highest BCUT2D eigenvalue weighted by molar-refractivity contribution is 6.31. The summed E-state index contributed by atoms with van der Waals surface area (Å²) in [4.78, 5) is 12.1. The maximum atomic E-state index is 6.89. The third kappa shape index (κ3) is 2.35. The Morgan fingerprint density at radius 3 is 3.10 bits per heavy atom. The number of aromatic nitrogens is 3. The van der Waals surface area contributed by atoms with Gasteiger partial charge in [-0.15, -0.1) is 0 Å². The first kappa shape index (κ1) is 12.6. The van der Waals surface area contributed by atoms with Gasteiger partial charge in [-0.2, -0.15) is 0 Å². The Balaban J connectivity index is 2.01. The van der Waals surface area contributed by atoms with E-state index in [0.29, 0.717) is 11.6 Å². The minimum Gasteiger partial charge on any atom is -0.384 e. The molecule has 100 valence electrons. The zero-order chi connectivity index (χ0) is 13.9. The second kappa shape index (κ2) is 5.30. The summed E-state index contributed by atoms with van der Waals surface area (Å²) in [6.45, 7) is 0.557. The van der Waals surface area contributed by atoms with Gasteiger partial charge >= 0.3 is 0 Å². The summed E-state index contributed by atoms with van der Waals surface area (Å²) >= 11 is 6.04. The number of hydrogen-bond donors (Lipinski definition) is 3. The van der Waals surface area contributed by atoms with E-state index >= 15 is 0 Å². The van der Waals surface area contributed by atoms with E-state index in [1.807, 2.05) is 18.2 Å². The lowest BCUT2D eigenvalue weighted by atomic mass is 10.2. The van der Waals surface area contributed by atoms with E-state index in [9.17, 15) is 0 Å². The fraction of sp³-hybridized carbons (Fsp3) is 0.0714. The first-order valence-corrected chi connectivity index (χ1v) is 6.47. The molecule has 20 heavy (non-hydrogen) atoms. The molecule has 0 amide bonds. The second-order valence-electron chi connectivity index (χ2n) is 4.27. The van der Waals surface area contributed by atoms with Crippen LogP contribution in [0.15, 0.2) is 36.7 Å². The normalized spacial score (nSPS) is 11.4. The molecule has 0 spiro atoms. The SMILES string of the molecule is N=C/C=C\NCc1nc2cnc3ccc(Cl)cc3c2[nH]1. The Morgan fingerprint density at radius 2 is 2.25 bits per heavy atom. The third-order valence-corrected chi connectivity index (χ3v) is 3.15. The number of pyridine rings is 1. The Labute approximate surface area is 120 Å². The van der Waals surface area contributed by atoms with E-state index in [-0.39, 0.29) is 0 Å². The number of nitrogens with zero attached hydrogens (tertiary/aromatic N) is 2. The molecule has 2 heterocycles. The smallest absolute Gasteiger partial charge is 0.126 e. The molecule has 0 aliphatic heterocycles. The average molecular weight is 286 g/mol. The van der Waals surface area contributed by atoms with Gasteiger partial charge in [0.2, 0.25) is 0 Å². The lowest BCUT2D eigenvalue weighted by Crippen LogP contribution is -2.05. The number of aromatic amines is 1. The summed E-state index contributed by atoms with van der Waals surface area (Å²) < 4.78 is 0. The van der Waals surface area contributed by atoms with Crippen molar-refractivity contribution in [2.75, 3.05) is 0 Å². The number of benzene rings is 1. The van der Waals surface area contributed by atoms with Crippen LogP contribution < -0.4 is 5.32 Å². The monoisotopic (exact) mass is 285 g/mol. The summed E-state index contributed by atoms with van der Waals surface area (Å²) in [5.41, 5.74) is 2.63. The van der Waals surface area contributed by atoms with Gasteiger partial charge in [-0.05, 0) is 30.5 Å². The second-order valence-corrected chi connectivity index (χ2v) is 4.71. The van der Waals surface area contributed by atoms with Crippen LogP contribution in [-0.2, 0) is 6.54 Å². The number of fused-ring (bicyclic) bond motifs is 3. The molecule has 0 saturated carbocycles. The fourth-order valence-corrected chi connectivity index (χ4v) is 2.22. The van der Waals surface area contributed by atoms with Crippen molar-refractivity contribution in [3.8, 4) is 0 Å². The third-order valence-electron chi connectivity index (χ3n) is 2.91. The van der Waals surface area contributed by atoms with Gasteiger partial charge in [0, 0.05) is 16.6 Å². The van der Waals surface area contributed by atoms with Crippen LogP contribution in [0.4, 0.5) is 0 Å².